The van der Waals surface area contributed by atoms with Crippen molar-refractivity contribution < 1.29 is 9.59 Å². The molecule has 168 valence electrons. The molecule has 3 atom stereocenters. The summed E-state index contributed by atoms with van der Waals surface area (Å²) < 4.78 is 0. The fraction of sp³-hybridized carbons (Fsp3) is 0.440. The summed E-state index contributed by atoms with van der Waals surface area (Å²) in [7, 11) is 1.79. The average Bonchev–Trinajstić information content (AvgIpc) is 3.21. The summed E-state index contributed by atoms with van der Waals surface area (Å²) in [6.45, 7) is 6.22. The van der Waals surface area contributed by atoms with Crippen LogP contribution in [0.25, 0.3) is 0 Å². The van der Waals surface area contributed by atoms with Crippen molar-refractivity contribution in [1.82, 2.24) is 20.0 Å². The number of hydrogen-bond donors (Lipinski definition) is 1. The lowest BCUT2D eigenvalue weighted by atomic mass is 10.1. The van der Waals surface area contributed by atoms with E-state index in [0.717, 1.165) is 42.7 Å². The highest BCUT2D eigenvalue weighted by Crippen LogP contribution is 2.33. The van der Waals surface area contributed by atoms with Crippen LogP contribution in [-0.2, 0) is 17.8 Å². The summed E-state index contributed by atoms with van der Waals surface area (Å²) in [5, 5.41) is 3.59. The molecule has 3 unspecified atom stereocenters. The van der Waals surface area contributed by atoms with Crippen molar-refractivity contribution in [1.29, 1.82) is 0 Å². The maximum atomic E-state index is 13.6. The zero-order chi connectivity index (χ0) is 22.4. The number of fused-ring (bicyclic) bond motifs is 3. The van der Waals surface area contributed by atoms with Crippen LogP contribution < -0.4 is 10.2 Å². The van der Waals surface area contributed by atoms with Crippen LogP contribution in [0, 0.1) is 6.92 Å². The first-order chi connectivity index (χ1) is 15.5. The highest BCUT2D eigenvalue weighted by molar-refractivity contribution is 6.00. The zero-order valence-corrected chi connectivity index (χ0v) is 19.0. The number of carbonyl (C=O) groups excluding carboxylic acids is 2. The maximum Gasteiger partial charge on any atom is 0.328 e. The third-order valence-corrected chi connectivity index (χ3v) is 6.97. The van der Waals surface area contributed by atoms with Crippen LogP contribution in [0.2, 0.25) is 0 Å². The standard InChI is InChI=1S/C25H31N5O2/c1-4-18-9-11-20(12-10-18)28-13-6-14-29-21-22(26-24(28)29)27(3)25(32)30(23(21)31)16-19-8-5-7-17(2)15-19/h5,7-12,15,21-22,24,26H,4,6,13-14,16H2,1-3H3. The third kappa shape index (κ3) is 3.45. The summed E-state index contributed by atoms with van der Waals surface area (Å²) in [6, 6.07) is 16.0. The Bertz CT molecular complexity index is 1020. The van der Waals surface area contributed by atoms with Crippen LogP contribution in [0.3, 0.4) is 0 Å². The largest absolute Gasteiger partial charge is 0.343 e. The highest BCUT2D eigenvalue weighted by Gasteiger charge is 2.56. The average molecular weight is 434 g/mol. The van der Waals surface area contributed by atoms with Crippen LogP contribution >= 0.6 is 0 Å². The van der Waals surface area contributed by atoms with Gasteiger partial charge in [-0.2, -0.15) is 0 Å². The molecule has 2 aromatic carbocycles. The molecule has 1 N–H and O–H groups in total. The number of amides is 3. The molecule has 5 rings (SSSR count). The molecule has 3 aliphatic rings. The van der Waals surface area contributed by atoms with E-state index >= 15 is 0 Å². The molecule has 0 bridgehead atoms. The molecule has 2 aromatic rings. The molecule has 0 saturated carbocycles. The SMILES string of the molecule is CCc1ccc(N2CCCN3C4C(=O)N(Cc5cccc(C)c5)C(=O)N(C)C4NC23)cc1. The minimum Gasteiger partial charge on any atom is -0.343 e. The monoisotopic (exact) mass is 433 g/mol. The number of aryl methyl sites for hydroxylation is 2. The third-order valence-electron chi connectivity index (χ3n) is 6.97. The van der Waals surface area contributed by atoms with E-state index in [0.29, 0.717) is 6.54 Å². The Balaban J connectivity index is 1.42. The Hall–Kier alpha value is -2.90. The molecule has 0 aliphatic carbocycles. The van der Waals surface area contributed by atoms with Gasteiger partial charge in [0, 0.05) is 25.8 Å². The van der Waals surface area contributed by atoms with Gasteiger partial charge in [0.2, 0.25) is 0 Å². The number of imide groups is 1. The Labute approximate surface area is 189 Å². The van der Waals surface area contributed by atoms with Crippen molar-refractivity contribution >= 4 is 17.6 Å². The van der Waals surface area contributed by atoms with Gasteiger partial charge in [0.15, 0.2) is 0 Å². The van der Waals surface area contributed by atoms with Gasteiger partial charge < -0.3 is 9.80 Å². The highest BCUT2D eigenvalue weighted by atomic mass is 16.2. The van der Waals surface area contributed by atoms with E-state index in [4.69, 9.17) is 0 Å². The summed E-state index contributed by atoms with van der Waals surface area (Å²) in [4.78, 5) is 34.4. The van der Waals surface area contributed by atoms with E-state index in [9.17, 15) is 9.59 Å². The van der Waals surface area contributed by atoms with Crippen LogP contribution in [-0.4, -0.2) is 65.3 Å². The summed E-state index contributed by atoms with van der Waals surface area (Å²) in [5.74, 6) is -0.113. The van der Waals surface area contributed by atoms with Gasteiger partial charge in [-0.25, -0.2) is 4.79 Å². The summed E-state index contributed by atoms with van der Waals surface area (Å²) >= 11 is 0. The molecule has 3 amide bonds. The number of urea groups is 1. The number of rotatable bonds is 4. The maximum absolute atomic E-state index is 13.6. The zero-order valence-electron chi connectivity index (χ0n) is 19.0. The molecule has 3 saturated heterocycles. The number of nitrogens with zero attached hydrogens (tertiary/aromatic N) is 4. The van der Waals surface area contributed by atoms with Crippen LogP contribution in [0.1, 0.15) is 30.0 Å². The molecule has 0 aromatic heterocycles. The van der Waals surface area contributed by atoms with Crippen molar-refractivity contribution in [3.8, 4) is 0 Å². The number of anilines is 1. The van der Waals surface area contributed by atoms with Gasteiger partial charge >= 0.3 is 6.03 Å². The van der Waals surface area contributed by atoms with Gasteiger partial charge in [-0.15, -0.1) is 0 Å². The van der Waals surface area contributed by atoms with Gasteiger partial charge in [0.25, 0.3) is 5.91 Å². The van der Waals surface area contributed by atoms with E-state index in [1.807, 2.05) is 31.2 Å². The van der Waals surface area contributed by atoms with Crippen LogP contribution in [0.5, 0.6) is 0 Å². The van der Waals surface area contributed by atoms with Crippen molar-refractivity contribution in [2.75, 3.05) is 25.0 Å². The molecule has 3 fully saturated rings. The van der Waals surface area contributed by atoms with Crippen molar-refractivity contribution in [3.05, 3.63) is 65.2 Å². The molecular formula is C25H31N5O2. The second-order valence-electron chi connectivity index (χ2n) is 9.04. The van der Waals surface area contributed by atoms with Crippen molar-refractivity contribution in [3.63, 3.8) is 0 Å². The predicted octanol–water partition coefficient (Wildman–Crippen LogP) is 2.75. The number of benzene rings is 2. The molecule has 7 heteroatoms. The summed E-state index contributed by atoms with van der Waals surface area (Å²) in [6.07, 6.45) is 1.55. The quantitative estimate of drug-likeness (QED) is 0.804. The molecule has 7 nitrogen and oxygen atoms in total. The lowest BCUT2D eigenvalue weighted by molar-refractivity contribution is -0.139. The Morgan fingerprint density at radius 3 is 2.53 bits per heavy atom. The number of nitrogens with one attached hydrogen (secondary N) is 1. The topological polar surface area (TPSA) is 59.1 Å². The second kappa shape index (κ2) is 8.22. The van der Waals surface area contributed by atoms with Gasteiger partial charge in [0.1, 0.15) is 18.5 Å². The van der Waals surface area contributed by atoms with Gasteiger partial charge in [0.05, 0.1) is 6.54 Å². The Morgan fingerprint density at radius 2 is 1.81 bits per heavy atom. The fourth-order valence-electron chi connectivity index (χ4n) is 5.25. The minimum atomic E-state index is -0.384. The van der Waals surface area contributed by atoms with Gasteiger partial charge in [-0.1, -0.05) is 48.9 Å². The lowest BCUT2D eigenvalue weighted by Crippen LogP contribution is -2.66. The first-order valence-corrected chi connectivity index (χ1v) is 11.5. The predicted molar refractivity (Wildman–Crippen MR) is 124 cm³/mol. The van der Waals surface area contributed by atoms with E-state index in [1.165, 1.54) is 10.5 Å². The van der Waals surface area contributed by atoms with Gasteiger partial charge in [-0.05, 0) is 43.0 Å². The van der Waals surface area contributed by atoms with Crippen molar-refractivity contribution in [2.24, 2.45) is 0 Å². The molecular weight excluding hydrogens is 402 g/mol. The van der Waals surface area contributed by atoms with Crippen molar-refractivity contribution in [2.45, 2.75) is 51.7 Å². The first-order valence-electron chi connectivity index (χ1n) is 11.5. The van der Waals surface area contributed by atoms with Crippen LogP contribution in [0.4, 0.5) is 10.5 Å². The minimum absolute atomic E-state index is 0.107. The normalized spacial score (nSPS) is 25.8. The lowest BCUT2D eigenvalue weighted by Gasteiger charge is -2.44. The Morgan fingerprint density at radius 1 is 1.03 bits per heavy atom. The molecule has 32 heavy (non-hydrogen) atoms. The van der Waals surface area contributed by atoms with Crippen LogP contribution in [0.15, 0.2) is 48.5 Å². The molecule has 0 radical (unpaired) electrons. The number of likely N-dealkylation sites (N-methyl/N-ethyl adjacent to an activating group) is 1. The fourth-order valence-corrected chi connectivity index (χ4v) is 5.25. The Kier molecular flexibility index (Phi) is 5.39. The summed E-state index contributed by atoms with van der Waals surface area (Å²) in [5.41, 5.74) is 4.54. The van der Waals surface area contributed by atoms with E-state index in [1.54, 1.807) is 11.9 Å². The number of hydrogen-bond acceptors (Lipinski definition) is 5. The van der Waals surface area contributed by atoms with E-state index in [2.05, 4.69) is 46.3 Å². The molecule has 3 aliphatic heterocycles. The second-order valence-corrected chi connectivity index (χ2v) is 9.04. The number of carbonyl (C=O) groups is 2. The smallest absolute Gasteiger partial charge is 0.328 e. The molecule has 3 heterocycles. The van der Waals surface area contributed by atoms with Gasteiger partial charge in [-0.3, -0.25) is 19.9 Å². The van der Waals surface area contributed by atoms with E-state index < -0.39 is 0 Å². The van der Waals surface area contributed by atoms with E-state index in [-0.39, 0.29) is 30.4 Å². The first kappa shape index (κ1) is 21.0. The molecule has 0 spiro atoms.